The van der Waals surface area contributed by atoms with Crippen LogP contribution in [0, 0.1) is 0 Å². The number of aromatic nitrogens is 1. The van der Waals surface area contributed by atoms with Crippen molar-refractivity contribution >= 4 is 51.1 Å². The third-order valence-electron chi connectivity index (χ3n) is 4.72. The highest BCUT2D eigenvalue weighted by Gasteiger charge is 2.10. The molecule has 0 aliphatic rings. The molecule has 4 nitrogen and oxygen atoms in total. The summed E-state index contributed by atoms with van der Waals surface area (Å²) >= 11 is 7.86. The zero-order valence-corrected chi connectivity index (χ0v) is 17.9. The summed E-state index contributed by atoms with van der Waals surface area (Å²) < 4.78 is 6.02. The van der Waals surface area contributed by atoms with Crippen LogP contribution in [0.1, 0.15) is 12.0 Å². The Morgan fingerprint density at radius 2 is 1.90 bits per heavy atom. The lowest BCUT2D eigenvalue weighted by Crippen LogP contribution is -2.21. The van der Waals surface area contributed by atoms with Gasteiger partial charge in [-0.2, -0.15) is 11.8 Å². The largest absolute Gasteiger partial charge is 0.454 e. The number of amides is 1. The van der Waals surface area contributed by atoms with Crippen LogP contribution in [0.15, 0.2) is 59.0 Å². The number of fused-ring (bicyclic) bond motifs is 2. The molecule has 2 aromatic heterocycles. The predicted octanol–water partition coefficient (Wildman–Crippen LogP) is 6.01. The van der Waals surface area contributed by atoms with Crippen molar-refractivity contribution in [3.05, 3.63) is 65.2 Å². The van der Waals surface area contributed by atoms with Gasteiger partial charge in [-0.1, -0.05) is 29.8 Å². The monoisotopic (exact) mass is 424 g/mol. The van der Waals surface area contributed by atoms with Gasteiger partial charge in [0.05, 0.1) is 5.52 Å². The molecule has 0 radical (unpaired) electrons. The maximum atomic E-state index is 11.7. The Hall–Kier alpha value is -2.50. The fourth-order valence-electron chi connectivity index (χ4n) is 3.11. The molecule has 0 aliphatic carbocycles. The lowest BCUT2D eigenvalue weighted by Gasteiger charge is -2.09. The van der Waals surface area contributed by atoms with E-state index in [9.17, 15) is 4.79 Å². The number of carbonyl (C=O) groups excluding carboxylic acids is 1. The molecule has 0 spiro atoms. The number of rotatable bonds is 6. The van der Waals surface area contributed by atoms with Crippen molar-refractivity contribution in [2.24, 2.45) is 0 Å². The van der Waals surface area contributed by atoms with E-state index >= 15 is 0 Å². The first-order valence-corrected chi connectivity index (χ1v) is 10.9. The fraction of sp³-hybridized carbons (Fsp3) is 0.217. The van der Waals surface area contributed by atoms with Crippen molar-refractivity contribution in [2.75, 3.05) is 19.8 Å². The minimum atomic E-state index is 0.164. The Kier molecular flexibility index (Phi) is 5.79. The molecule has 0 aliphatic heterocycles. The number of nitrogens with zero attached hydrogens (tertiary/aromatic N) is 2. The van der Waals surface area contributed by atoms with E-state index in [1.54, 1.807) is 30.8 Å². The minimum absolute atomic E-state index is 0.164. The summed E-state index contributed by atoms with van der Waals surface area (Å²) in [4.78, 5) is 18.0. The lowest BCUT2D eigenvalue weighted by atomic mass is 10.1. The number of thioether (sulfide) groups is 1. The summed E-state index contributed by atoms with van der Waals surface area (Å²) in [5.74, 6) is 2.58. The molecule has 0 fully saturated rings. The average Bonchev–Trinajstić information content (AvgIpc) is 3.13. The molecule has 1 amide bonds. The van der Waals surface area contributed by atoms with Crippen LogP contribution in [-0.2, 0) is 10.5 Å². The topological polar surface area (TPSA) is 46.3 Å². The van der Waals surface area contributed by atoms with E-state index in [1.807, 2.05) is 42.5 Å². The molecule has 4 aromatic rings. The Labute approximate surface area is 178 Å². The van der Waals surface area contributed by atoms with Gasteiger partial charge in [0.1, 0.15) is 11.3 Å². The molecule has 29 heavy (non-hydrogen) atoms. The minimum Gasteiger partial charge on any atom is -0.454 e. The molecule has 0 unspecified atom stereocenters. The van der Waals surface area contributed by atoms with Crippen molar-refractivity contribution in [1.82, 2.24) is 9.88 Å². The van der Waals surface area contributed by atoms with Crippen LogP contribution < -0.4 is 0 Å². The highest BCUT2D eigenvalue weighted by Crippen LogP contribution is 2.30. The van der Waals surface area contributed by atoms with Crippen LogP contribution in [-0.4, -0.2) is 35.6 Å². The number of benzene rings is 2. The smallest absolute Gasteiger partial charge is 0.222 e. The molecule has 0 bridgehead atoms. The molecule has 2 aromatic carbocycles. The number of furan rings is 1. The molecule has 6 heteroatoms. The third-order valence-corrected chi connectivity index (χ3v) is 5.98. The van der Waals surface area contributed by atoms with Crippen LogP contribution in [0.4, 0.5) is 0 Å². The van der Waals surface area contributed by atoms with Gasteiger partial charge in [-0.05, 0) is 42.0 Å². The van der Waals surface area contributed by atoms with Crippen LogP contribution in [0.25, 0.3) is 33.3 Å². The first kappa shape index (κ1) is 19.8. The van der Waals surface area contributed by atoms with Crippen molar-refractivity contribution in [1.29, 1.82) is 0 Å². The van der Waals surface area contributed by atoms with Crippen molar-refractivity contribution < 1.29 is 9.21 Å². The zero-order valence-electron chi connectivity index (χ0n) is 16.3. The average molecular weight is 425 g/mol. The van der Waals surface area contributed by atoms with Crippen molar-refractivity contribution in [3.8, 4) is 11.5 Å². The number of carbonyl (C=O) groups is 1. The Morgan fingerprint density at radius 3 is 2.72 bits per heavy atom. The van der Waals surface area contributed by atoms with Crippen LogP contribution >= 0.6 is 23.4 Å². The Balaban J connectivity index is 1.50. The van der Waals surface area contributed by atoms with Gasteiger partial charge >= 0.3 is 0 Å². The summed E-state index contributed by atoms with van der Waals surface area (Å²) in [6.07, 6.45) is 0.563. The predicted molar refractivity (Wildman–Crippen MR) is 121 cm³/mol. The summed E-state index contributed by atoms with van der Waals surface area (Å²) in [6, 6.07) is 17.9. The summed E-state index contributed by atoms with van der Waals surface area (Å²) in [6.45, 7) is 0. The van der Waals surface area contributed by atoms with Gasteiger partial charge in [-0.3, -0.25) is 4.79 Å². The molecule has 4 rings (SSSR count). The van der Waals surface area contributed by atoms with E-state index in [2.05, 4.69) is 12.1 Å². The zero-order chi connectivity index (χ0) is 20.4. The number of hydrogen-bond donors (Lipinski definition) is 0. The molecule has 148 valence electrons. The maximum absolute atomic E-state index is 11.7. The molecular weight excluding hydrogens is 404 g/mol. The maximum Gasteiger partial charge on any atom is 0.222 e. The quantitative estimate of drug-likeness (QED) is 0.355. The van der Waals surface area contributed by atoms with Crippen LogP contribution in [0.3, 0.4) is 0 Å². The summed E-state index contributed by atoms with van der Waals surface area (Å²) in [5, 5.41) is 2.76. The van der Waals surface area contributed by atoms with Gasteiger partial charge in [0.25, 0.3) is 0 Å². The second-order valence-corrected chi connectivity index (χ2v) is 8.65. The molecule has 2 heterocycles. The summed E-state index contributed by atoms with van der Waals surface area (Å²) in [5.41, 5.74) is 3.68. The van der Waals surface area contributed by atoms with E-state index in [0.29, 0.717) is 11.4 Å². The van der Waals surface area contributed by atoms with Gasteiger partial charge in [0.2, 0.25) is 5.91 Å². The van der Waals surface area contributed by atoms with Crippen LogP contribution in [0.2, 0.25) is 5.02 Å². The number of halogens is 1. The van der Waals surface area contributed by atoms with Gasteiger partial charge in [-0.25, -0.2) is 4.98 Å². The van der Waals surface area contributed by atoms with E-state index in [4.69, 9.17) is 21.0 Å². The highest BCUT2D eigenvalue weighted by atomic mass is 35.5. The summed E-state index contributed by atoms with van der Waals surface area (Å²) in [7, 11) is 3.58. The Bertz CT molecular complexity index is 1190. The van der Waals surface area contributed by atoms with Crippen LogP contribution in [0.5, 0.6) is 0 Å². The number of hydrogen-bond acceptors (Lipinski definition) is 4. The molecule has 0 saturated carbocycles. The Morgan fingerprint density at radius 1 is 1.07 bits per heavy atom. The van der Waals surface area contributed by atoms with Crippen molar-refractivity contribution in [2.45, 2.75) is 12.2 Å². The molecule has 0 atom stereocenters. The second-order valence-electron chi connectivity index (χ2n) is 7.11. The van der Waals surface area contributed by atoms with E-state index < -0.39 is 0 Å². The first-order valence-electron chi connectivity index (χ1n) is 9.37. The van der Waals surface area contributed by atoms with Gasteiger partial charge < -0.3 is 9.32 Å². The van der Waals surface area contributed by atoms with Crippen molar-refractivity contribution in [3.63, 3.8) is 0 Å². The van der Waals surface area contributed by atoms with E-state index in [-0.39, 0.29) is 5.91 Å². The van der Waals surface area contributed by atoms with E-state index in [0.717, 1.165) is 44.8 Å². The lowest BCUT2D eigenvalue weighted by molar-refractivity contribution is -0.128. The third kappa shape index (κ3) is 4.57. The van der Waals surface area contributed by atoms with Gasteiger partial charge in [0, 0.05) is 47.8 Å². The van der Waals surface area contributed by atoms with Gasteiger partial charge in [0.15, 0.2) is 5.76 Å². The molecule has 0 N–H and O–H groups in total. The van der Waals surface area contributed by atoms with Gasteiger partial charge in [-0.15, -0.1) is 0 Å². The molecular formula is C23H21ClN2O2S. The highest BCUT2D eigenvalue weighted by molar-refractivity contribution is 7.98. The fourth-order valence-corrected chi connectivity index (χ4v) is 4.15. The molecule has 0 saturated heterocycles. The normalized spacial score (nSPS) is 11.3. The second kappa shape index (κ2) is 8.47. The standard InChI is InChI=1S/C23H21ClN2O2S/c1-26(2)23(27)9-10-29-14-15-3-8-21-17(11-15)12-22(28-21)19-7-5-16-4-6-18(24)13-20(16)25-19/h3-8,11-13H,9-10,14H2,1-2H3. The number of pyridine rings is 1. The van der Waals surface area contributed by atoms with E-state index in [1.165, 1.54) is 5.56 Å². The SMILES string of the molecule is CN(C)C(=O)CCSCc1ccc2oc(-c3ccc4ccc(Cl)cc4n3)cc2c1. The first-order chi connectivity index (χ1) is 14.0.